The number of aromatic nitrogens is 1. The van der Waals surface area contributed by atoms with E-state index in [1.54, 1.807) is 0 Å². The van der Waals surface area contributed by atoms with Crippen molar-refractivity contribution in [2.24, 2.45) is 0 Å². The van der Waals surface area contributed by atoms with Crippen LogP contribution in [0.2, 0.25) is 0 Å². The standard InChI is InChI=1S/C15H11Br2N.C2H6/c16-8-12-5-1-3-10-7-11-4-2-6-13(9-17)15(11)18-14(10)12;1-2/h1-7H,8-9H2;1-2H3. The van der Waals surface area contributed by atoms with E-state index < -0.39 is 0 Å². The first-order chi connectivity index (χ1) is 9.83. The van der Waals surface area contributed by atoms with Crippen molar-refractivity contribution in [2.75, 3.05) is 0 Å². The zero-order chi connectivity index (χ0) is 14.5. The van der Waals surface area contributed by atoms with Gasteiger partial charge in [0.2, 0.25) is 0 Å². The maximum atomic E-state index is 4.86. The molecule has 1 aromatic heterocycles. The van der Waals surface area contributed by atoms with Gasteiger partial charge in [-0.25, -0.2) is 4.98 Å². The summed E-state index contributed by atoms with van der Waals surface area (Å²) in [5.74, 6) is 0. The molecule has 0 saturated carbocycles. The van der Waals surface area contributed by atoms with E-state index in [2.05, 4.69) is 74.3 Å². The van der Waals surface area contributed by atoms with Crippen LogP contribution >= 0.6 is 31.9 Å². The number of halogens is 2. The van der Waals surface area contributed by atoms with Gasteiger partial charge in [0.25, 0.3) is 0 Å². The summed E-state index contributed by atoms with van der Waals surface area (Å²) in [5, 5.41) is 4.07. The quantitative estimate of drug-likeness (QED) is 0.372. The molecule has 0 aliphatic heterocycles. The van der Waals surface area contributed by atoms with E-state index in [9.17, 15) is 0 Å². The summed E-state index contributed by atoms with van der Waals surface area (Å²) in [6, 6.07) is 14.9. The lowest BCUT2D eigenvalue weighted by Crippen LogP contribution is -1.90. The van der Waals surface area contributed by atoms with Gasteiger partial charge in [0.15, 0.2) is 0 Å². The van der Waals surface area contributed by atoms with Crippen LogP contribution in [-0.2, 0) is 10.7 Å². The van der Waals surface area contributed by atoms with Gasteiger partial charge >= 0.3 is 0 Å². The smallest absolute Gasteiger partial charge is 0.0750 e. The molecule has 0 unspecified atom stereocenters. The first-order valence-electron chi connectivity index (χ1n) is 6.75. The molecule has 20 heavy (non-hydrogen) atoms. The number of pyridine rings is 1. The van der Waals surface area contributed by atoms with Crippen LogP contribution in [0.3, 0.4) is 0 Å². The van der Waals surface area contributed by atoms with Crippen LogP contribution in [0, 0.1) is 0 Å². The van der Waals surface area contributed by atoms with E-state index in [1.165, 1.54) is 21.9 Å². The highest BCUT2D eigenvalue weighted by Gasteiger charge is 2.06. The van der Waals surface area contributed by atoms with E-state index >= 15 is 0 Å². The van der Waals surface area contributed by atoms with Gasteiger partial charge in [-0.15, -0.1) is 0 Å². The maximum Gasteiger partial charge on any atom is 0.0750 e. The molecule has 1 nitrogen and oxygen atoms in total. The number of nitrogens with zero attached hydrogens (tertiary/aromatic N) is 1. The third-order valence-corrected chi connectivity index (χ3v) is 4.33. The Bertz CT molecular complexity index is 664. The molecule has 0 fully saturated rings. The van der Waals surface area contributed by atoms with E-state index in [-0.39, 0.29) is 0 Å². The fraction of sp³-hybridized carbons (Fsp3) is 0.235. The van der Waals surface area contributed by atoms with Gasteiger partial charge in [0.05, 0.1) is 11.0 Å². The second-order valence-corrected chi connectivity index (χ2v) is 5.35. The van der Waals surface area contributed by atoms with Crippen molar-refractivity contribution in [3.8, 4) is 0 Å². The molecule has 0 atom stereocenters. The molecule has 0 amide bonds. The third kappa shape index (κ3) is 2.89. The Morgan fingerprint density at radius 1 is 0.800 bits per heavy atom. The minimum atomic E-state index is 0.833. The van der Waals surface area contributed by atoms with Gasteiger partial charge in [0, 0.05) is 21.4 Å². The van der Waals surface area contributed by atoms with Crippen molar-refractivity contribution in [1.82, 2.24) is 4.98 Å². The van der Waals surface area contributed by atoms with Gasteiger partial charge in [-0.05, 0) is 17.2 Å². The number of hydrogen-bond acceptors (Lipinski definition) is 1. The highest BCUT2D eigenvalue weighted by Crippen LogP contribution is 2.26. The number of para-hydroxylation sites is 2. The highest BCUT2D eigenvalue weighted by molar-refractivity contribution is 9.08. The fourth-order valence-corrected chi connectivity index (χ4v) is 3.13. The molecule has 0 spiro atoms. The van der Waals surface area contributed by atoms with E-state index in [0.717, 1.165) is 21.7 Å². The number of benzene rings is 2. The minimum Gasteiger partial charge on any atom is -0.247 e. The van der Waals surface area contributed by atoms with E-state index in [4.69, 9.17) is 4.98 Å². The van der Waals surface area contributed by atoms with Crippen LogP contribution < -0.4 is 0 Å². The summed E-state index contributed by atoms with van der Waals surface area (Å²) in [6.07, 6.45) is 0. The van der Waals surface area contributed by atoms with Gasteiger partial charge in [-0.1, -0.05) is 82.1 Å². The lowest BCUT2D eigenvalue weighted by molar-refractivity contribution is 1.37. The molecule has 0 aliphatic rings. The fourth-order valence-electron chi connectivity index (χ4n) is 2.22. The number of rotatable bonds is 2. The van der Waals surface area contributed by atoms with Crippen molar-refractivity contribution in [1.29, 1.82) is 0 Å². The molecule has 2 aromatic carbocycles. The molecule has 1 heterocycles. The lowest BCUT2D eigenvalue weighted by atomic mass is 10.1. The predicted molar refractivity (Wildman–Crippen MR) is 95.9 cm³/mol. The summed E-state index contributed by atoms with van der Waals surface area (Å²) >= 11 is 7.06. The van der Waals surface area contributed by atoms with Crippen LogP contribution in [0.25, 0.3) is 21.8 Å². The molecule has 104 valence electrons. The van der Waals surface area contributed by atoms with E-state index in [1.807, 2.05) is 13.8 Å². The molecule has 3 aromatic rings. The SMILES string of the molecule is BrCc1cccc2cc3cccc(CBr)c3nc12.CC. The summed E-state index contributed by atoms with van der Waals surface area (Å²) < 4.78 is 0. The van der Waals surface area contributed by atoms with Crippen LogP contribution in [0.4, 0.5) is 0 Å². The number of fused-ring (bicyclic) bond motifs is 2. The zero-order valence-corrected chi connectivity index (χ0v) is 14.8. The first-order valence-corrected chi connectivity index (χ1v) is 9.00. The van der Waals surface area contributed by atoms with Crippen molar-refractivity contribution in [2.45, 2.75) is 24.5 Å². The second-order valence-electron chi connectivity index (χ2n) is 4.23. The van der Waals surface area contributed by atoms with Crippen molar-refractivity contribution in [3.05, 3.63) is 53.6 Å². The van der Waals surface area contributed by atoms with E-state index in [0.29, 0.717) is 0 Å². The first kappa shape index (κ1) is 15.5. The summed E-state index contributed by atoms with van der Waals surface area (Å²) in [5.41, 5.74) is 4.66. The molecule has 3 heteroatoms. The molecule has 0 N–H and O–H groups in total. The van der Waals surface area contributed by atoms with Crippen LogP contribution in [0.1, 0.15) is 25.0 Å². The largest absolute Gasteiger partial charge is 0.247 e. The summed E-state index contributed by atoms with van der Waals surface area (Å²) in [4.78, 5) is 4.86. The molecule has 0 saturated heterocycles. The average Bonchev–Trinajstić information content (AvgIpc) is 2.53. The molecular weight excluding hydrogens is 378 g/mol. The maximum absolute atomic E-state index is 4.86. The normalized spacial score (nSPS) is 10.4. The molecular formula is C17H17Br2N. The Hall–Kier alpha value is -0.930. The van der Waals surface area contributed by atoms with Gasteiger partial charge < -0.3 is 0 Å². The Kier molecular flexibility index (Phi) is 5.55. The Balaban J connectivity index is 0.000000704. The minimum absolute atomic E-state index is 0.833. The average molecular weight is 395 g/mol. The van der Waals surface area contributed by atoms with Crippen LogP contribution in [0.5, 0.6) is 0 Å². The van der Waals surface area contributed by atoms with Crippen LogP contribution in [0.15, 0.2) is 42.5 Å². The van der Waals surface area contributed by atoms with Crippen molar-refractivity contribution >= 4 is 53.7 Å². The molecule has 0 bridgehead atoms. The van der Waals surface area contributed by atoms with Gasteiger partial charge in [-0.2, -0.15) is 0 Å². The Morgan fingerprint density at radius 2 is 1.25 bits per heavy atom. The van der Waals surface area contributed by atoms with Crippen molar-refractivity contribution in [3.63, 3.8) is 0 Å². The third-order valence-electron chi connectivity index (χ3n) is 3.12. The van der Waals surface area contributed by atoms with Gasteiger partial charge in [-0.3, -0.25) is 0 Å². The molecule has 0 radical (unpaired) electrons. The molecule has 3 rings (SSSR count). The lowest BCUT2D eigenvalue weighted by Gasteiger charge is -2.07. The topological polar surface area (TPSA) is 12.9 Å². The Morgan fingerprint density at radius 3 is 1.65 bits per heavy atom. The summed E-state index contributed by atoms with van der Waals surface area (Å²) in [6.45, 7) is 4.00. The number of alkyl halides is 2. The Labute approximate surface area is 136 Å². The second kappa shape index (κ2) is 7.19. The summed E-state index contributed by atoms with van der Waals surface area (Å²) in [7, 11) is 0. The predicted octanol–water partition coefficient (Wildman–Crippen LogP) is 6.20. The monoisotopic (exact) mass is 393 g/mol. The van der Waals surface area contributed by atoms with Gasteiger partial charge in [0.1, 0.15) is 0 Å². The highest BCUT2D eigenvalue weighted by atomic mass is 79.9. The van der Waals surface area contributed by atoms with Crippen molar-refractivity contribution < 1.29 is 0 Å². The zero-order valence-electron chi connectivity index (χ0n) is 11.7. The molecule has 0 aliphatic carbocycles. The number of hydrogen-bond donors (Lipinski definition) is 0. The van der Waals surface area contributed by atoms with Crippen LogP contribution in [-0.4, -0.2) is 4.98 Å².